The van der Waals surface area contributed by atoms with Crippen molar-refractivity contribution >= 4 is 11.9 Å². The minimum Gasteiger partial charge on any atom is -0.497 e. The molecule has 1 aliphatic heterocycles. The van der Waals surface area contributed by atoms with Crippen molar-refractivity contribution in [3.05, 3.63) is 29.8 Å². The zero-order valence-corrected chi connectivity index (χ0v) is 13.5. The molecule has 1 amide bonds. The van der Waals surface area contributed by atoms with Gasteiger partial charge in [0, 0.05) is 13.1 Å². The van der Waals surface area contributed by atoms with E-state index in [1.165, 1.54) is 0 Å². The van der Waals surface area contributed by atoms with E-state index < -0.39 is 17.3 Å². The SMILES string of the molecule is COc1ccc(C(C)(C)C(=O)N2C[C@@H](C)[C@H](C(=O)O)C2)cc1. The van der Waals surface area contributed by atoms with Gasteiger partial charge in [-0.1, -0.05) is 19.1 Å². The van der Waals surface area contributed by atoms with Crippen molar-refractivity contribution in [3.63, 3.8) is 0 Å². The highest BCUT2D eigenvalue weighted by Gasteiger charge is 2.42. The van der Waals surface area contributed by atoms with Gasteiger partial charge in [-0.2, -0.15) is 0 Å². The molecule has 1 aromatic carbocycles. The molecule has 1 saturated heterocycles. The van der Waals surface area contributed by atoms with Crippen LogP contribution in [0.2, 0.25) is 0 Å². The number of carboxylic acids is 1. The van der Waals surface area contributed by atoms with Crippen LogP contribution in [-0.4, -0.2) is 42.1 Å². The van der Waals surface area contributed by atoms with E-state index >= 15 is 0 Å². The number of carbonyl (C=O) groups excluding carboxylic acids is 1. The Morgan fingerprint density at radius 2 is 1.82 bits per heavy atom. The van der Waals surface area contributed by atoms with Gasteiger partial charge in [0.05, 0.1) is 18.4 Å². The lowest BCUT2D eigenvalue weighted by Gasteiger charge is -2.30. The molecule has 22 heavy (non-hydrogen) atoms. The van der Waals surface area contributed by atoms with Crippen molar-refractivity contribution in [2.75, 3.05) is 20.2 Å². The molecule has 0 spiro atoms. The van der Waals surface area contributed by atoms with Crippen LogP contribution >= 0.6 is 0 Å². The fraction of sp³-hybridized carbons (Fsp3) is 0.529. The van der Waals surface area contributed by atoms with Crippen molar-refractivity contribution < 1.29 is 19.4 Å². The number of benzene rings is 1. The third-order valence-electron chi connectivity index (χ3n) is 4.56. The van der Waals surface area contributed by atoms with Gasteiger partial charge < -0.3 is 14.7 Å². The molecule has 1 aliphatic rings. The van der Waals surface area contributed by atoms with Crippen LogP contribution in [0, 0.1) is 11.8 Å². The predicted octanol–water partition coefficient (Wildman–Crippen LogP) is 2.15. The molecule has 0 unspecified atom stereocenters. The maximum atomic E-state index is 12.8. The van der Waals surface area contributed by atoms with Crippen molar-refractivity contribution in [1.29, 1.82) is 0 Å². The van der Waals surface area contributed by atoms with Gasteiger partial charge in [0.25, 0.3) is 0 Å². The number of carboxylic acid groups (broad SMARTS) is 1. The summed E-state index contributed by atoms with van der Waals surface area (Å²) in [5.74, 6) is -0.616. The molecular weight excluding hydrogens is 282 g/mol. The zero-order chi connectivity index (χ0) is 16.5. The summed E-state index contributed by atoms with van der Waals surface area (Å²) < 4.78 is 5.14. The second-order valence-corrected chi connectivity index (χ2v) is 6.49. The molecule has 0 radical (unpaired) electrons. The molecule has 0 saturated carbocycles. The Kier molecular flexibility index (Phi) is 4.44. The van der Waals surface area contributed by atoms with Crippen LogP contribution in [0.25, 0.3) is 0 Å². The van der Waals surface area contributed by atoms with E-state index in [1.54, 1.807) is 12.0 Å². The molecule has 2 rings (SSSR count). The Bertz CT molecular complexity index is 565. The molecule has 5 nitrogen and oxygen atoms in total. The van der Waals surface area contributed by atoms with E-state index in [0.29, 0.717) is 6.54 Å². The topological polar surface area (TPSA) is 66.8 Å². The highest BCUT2D eigenvalue weighted by Crippen LogP contribution is 2.31. The summed E-state index contributed by atoms with van der Waals surface area (Å²) in [6.07, 6.45) is 0. The van der Waals surface area contributed by atoms with Crippen molar-refractivity contribution in [1.82, 2.24) is 4.90 Å². The fourth-order valence-corrected chi connectivity index (χ4v) is 2.98. The van der Waals surface area contributed by atoms with Crippen LogP contribution in [-0.2, 0) is 15.0 Å². The number of methoxy groups -OCH3 is 1. The maximum absolute atomic E-state index is 12.8. The van der Waals surface area contributed by atoms with Gasteiger partial charge in [-0.05, 0) is 37.5 Å². The number of likely N-dealkylation sites (tertiary alicyclic amines) is 1. The minimum atomic E-state index is -0.829. The normalized spacial score (nSPS) is 21.7. The van der Waals surface area contributed by atoms with E-state index in [2.05, 4.69) is 0 Å². The molecule has 0 aromatic heterocycles. The summed E-state index contributed by atoms with van der Waals surface area (Å²) >= 11 is 0. The van der Waals surface area contributed by atoms with Crippen molar-refractivity contribution in [3.8, 4) is 5.75 Å². The standard InChI is InChI=1S/C17H23NO4/c1-11-9-18(10-14(11)15(19)20)16(21)17(2,3)12-5-7-13(22-4)8-6-12/h5-8,11,14H,9-10H2,1-4H3,(H,19,20)/t11-,14-/m1/s1. The lowest BCUT2D eigenvalue weighted by molar-refractivity contribution is -0.142. The van der Waals surface area contributed by atoms with Crippen molar-refractivity contribution in [2.45, 2.75) is 26.2 Å². The molecule has 120 valence electrons. The Hall–Kier alpha value is -2.04. The third-order valence-corrected chi connectivity index (χ3v) is 4.56. The minimum absolute atomic E-state index is 0.0203. The molecule has 2 atom stereocenters. The lowest BCUT2D eigenvalue weighted by atomic mass is 9.83. The summed E-state index contributed by atoms with van der Waals surface area (Å²) in [6, 6.07) is 7.42. The Morgan fingerprint density at radius 3 is 2.27 bits per heavy atom. The molecule has 0 aliphatic carbocycles. The number of hydrogen-bond acceptors (Lipinski definition) is 3. The van der Waals surface area contributed by atoms with Crippen LogP contribution in [0.5, 0.6) is 5.75 Å². The van der Waals surface area contributed by atoms with E-state index in [-0.39, 0.29) is 18.4 Å². The first-order chi connectivity index (χ1) is 10.3. The number of hydrogen-bond donors (Lipinski definition) is 1. The molecular formula is C17H23NO4. The summed E-state index contributed by atoms with van der Waals surface area (Å²) in [5, 5.41) is 9.21. The maximum Gasteiger partial charge on any atom is 0.308 e. The summed E-state index contributed by atoms with van der Waals surface area (Å²) in [6.45, 7) is 6.41. The van der Waals surface area contributed by atoms with Crippen molar-refractivity contribution in [2.24, 2.45) is 11.8 Å². The van der Waals surface area contributed by atoms with Crippen LogP contribution in [0.3, 0.4) is 0 Å². The molecule has 1 N–H and O–H groups in total. The van der Waals surface area contributed by atoms with E-state index in [1.807, 2.05) is 45.0 Å². The average Bonchev–Trinajstić information content (AvgIpc) is 2.88. The molecule has 1 fully saturated rings. The largest absolute Gasteiger partial charge is 0.497 e. The van der Waals surface area contributed by atoms with Crippen LogP contribution in [0.1, 0.15) is 26.3 Å². The summed E-state index contributed by atoms with van der Waals surface area (Å²) in [4.78, 5) is 25.7. The second-order valence-electron chi connectivity index (χ2n) is 6.49. The van der Waals surface area contributed by atoms with Crippen LogP contribution < -0.4 is 4.74 Å². The molecule has 1 heterocycles. The van der Waals surface area contributed by atoms with Crippen LogP contribution in [0.4, 0.5) is 0 Å². The van der Waals surface area contributed by atoms with Gasteiger partial charge in [-0.3, -0.25) is 9.59 Å². The fourth-order valence-electron chi connectivity index (χ4n) is 2.98. The highest BCUT2D eigenvalue weighted by molar-refractivity contribution is 5.88. The Morgan fingerprint density at radius 1 is 1.23 bits per heavy atom. The summed E-state index contributed by atoms with van der Waals surface area (Å²) in [7, 11) is 1.60. The molecule has 1 aromatic rings. The van der Waals surface area contributed by atoms with Gasteiger partial charge in [-0.25, -0.2) is 0 Å². The smallest absolute Gasteiger partial charge is 0.308 e. The number of amides is 1. The second kappa shape index (κ2) is 5.99. The summed E-state index contributed by atoms with van der Waals surface area (Å²) in [5.41, 5.74) is 0.198. The predicted molar refractivity (Wildman–Crippen MR) is 82.9 cm³/mol. The highest BCUT2D eigenvalue weighted by atomic mass is 16.5. The van der Waals surface area contributed by atoms with E-state index in [9.17, 15) is 14.7 Å². The number of carbonyl (C=O) groups is 2. The van der Waals surface area contributed by atoms with Gasteiger partial charge in [0.1, 0.15) is 5.75 Å². The quantitative estimate of drug-likeness (QED) is 0.925. The Labute approximate surface area is 130 Å². The average molecular weight is 305 g/mol. The van der Waals surface area contributed by atoms with Gasteiger partial charge in [0.2, 0.25) is 5.91 Å². The Balaban J connectivity index is 2.18. The van der Waals surface area contributed by atoms with Gasteiger partial charge >= 0.3 is 5.97 Å². The number of ether oxygens (including phenoxy) is 1. The molecule has 0 bridgehead atoms. The van der Waals surface area contributed by atoms with Gasteiger partial charge in [0.15, 0.2) is 0 Å². The lowest BCUT2D eigenvalue weighted by Crippen LogP contribution is -2.42. The van der Waals surface area contributed by atoms with E-state index in [0.717, 1.165) is 11.3 Å². The first kappa shape index (κ1) is 16.3. The number of rotatable bonds is 4. The first-order valence-electron chi connectivity index (χ1n) is 7.44. The third kappa shape index (κ3) is 2.93. The molecule has 5 heteroatoms. The monoisotopic (exact) mass is 305 g/mol. The zero-order valence-electron chi connectivity index (χ0n) is 13.5. The number of nitrogens with zero attached hydrogens (tertiary/aromatic N) is 1. The van der Waals surface area contributed by atoms with Gasteiger partial charge in [-0.15, -0.1) is 0 Å². The first-order valence-corrected chi connectivity index (χ1v) is 7.44. The van der Waals surface area contributed by atoms with E-state index in [4.69, 9.17) is 4.74 Å². The number of aliphatic carboxylic acids is 1. The van der Waals surface area contributed by atoms with Crippen LogP contribution in [0.15, 0.2) is 24.3 Å².